The number of ketones is 1. The van der Waals surface area contributed by atoms with Gasteiger partial charge in [-0.05, 0) is 41.6 Å². The summed E-state index contributed by atoms with van der Waals surface area (Å²) in [5.74, 6) is -1.77. The Bertz CT molecular complexity index is 1020. The molecule has 0 saturated carbocycles. The van der Waals surface area contributed by atoms with Crippen LogP contribution in [0.2, 0.25) is 0 Å². The molecule has 0 amide bonds. The Hall–Kier alpha value is -2.99. The predicted molar refractivity (Wildman–Crippen MR) is 117 cm³/mol. The van der Waals surface area contributed by atoms with Crippen molar-refractivity contribution in [3.63, 3.8) is 0 Å². The van der Waals surface area contributed by atoms with Crippen molar-refractivity contribution in [2.75, 3.05) is 13.2 Å². The van der Waals surface area contributed by atoms with Crippen LogP contribution in [0.5, 0.6) is 0 Å². The Morgan fingerprint density at radius 3 is 2.20 bits per heavy atom. The third kappa shape index (κ3) is 4.44. The van der Waals surface area contributed by atoms with Crippen molar-refractivity contribution >= 4 is 39.8 Å². The lowest BCUT2D eigenvalue weighted by molar-refractivity contribution is -0.172. The van der Waals surface area contributed by atoms with E-state index in [1.807, 2.05) is 42.5 Å². The third-order valence-corrected chi connectivity index (χ3v) is 5.69. The van der Waals surface area contributed by atoms with Gasteiger partial charge in [-0.25, -0.2) is 0 Å². The number of carbonyl (C=O) groups excluding carboxylic acids is 3. The summed E-state index contributed by atoms with van der Waals surface area (Å²) in [5, 5.41) is 5.40. The van der Waals surface area contributed by atoms with E-state index in [9.17, 15) is 14.4 Å². The summed E-state index contributed by atoms with van der Waals surface area (Å²) < 4.78 is 10.6. The molecule has 5 nitrogen and oxygen atoms in total. The van der Waals surface area contributed by atoms with Gasteiger partial charge < -0.3 is 9.47 Å². The molecule has 0 aliphatic heterocycles. The lowest BCUT2D eigenvalue weighted by Gasteiger charge is -2.29. The first kappa shape index (κ1) is 21.7. The fraction of sp³-hybridized carbons (Fsp3) is 0.292. The molecule has 3 aromatic rings. The maximum absolute atomic E-state index is 13.2. The number of esters is 2. The van der Waals surface area contributed by atoms with E-state index in [0.717, 1.165) is 16.3 Å². The molecule has 0 aliphatic carbocycles. The van der Waals surface area contributed by atoms with Crippen LogP contribution in [0.4, 0.5) is 0 Å². The minimum absolute atomic E-state index is 0.0158. The summed E-state index contributed by atoms with van der Waals surface area (Å²) in [5.41, 5.74) is -0.502. The summed E-state index contributed by atoms with van der Waals surface area (Å²) in [6, 6.07) is 15.1. The van der Waals surface area contributed by atoms with Crippen molar-refractivity contribution in [3.05, 3.63) is 70.4 Å². The fourth-order valence-corrected chi connectivity index (χ4v) is 4.20. The van der Waals surface area contributed by atoms with Crippen LogP contribution in [-0.2, 0) is 25.5 Å². The van der Waals surface area contributed by atoms with E-state index in [2.05, 4.69) is 0 Å². The normalized spacial score (nSPS) is 11.3. The molecule has 0 unspecified atom stereocenters. The molecule has 1 aromatic heterocycles. The molecule has 2 aromatic carbocycles. The van der Waals surface area contributed by atoms with Crippen LogP contribution < -0.4 is 0 Å². The van der Waals surface area contributed by atoms with E-state index >= 15 is 0 Å². The molecule has 0 bridgehead atoms. The zero-order valence-corrected chi connectivity index (χ0v) is 17.9. The highest BCUT2D eigenvalue weighted by molar-refractivity contribution is 7.08. The first-order valence-electron chi connectivity index (χ1n) is 9.88. The number of carbonyl (C=O) groups is 3. The summed E-state index contributed by atoms with van der Waals surface area (Å²) in [6.07, 6.45) is -0.299. The Balaban J connectivity index is 2.11. The molecule has 0 radical (unpaired) electrons. The maximum atomic E-state index is 13.2. The van der Waals surface area contributed by atoms with Gasteiger partial charge in [-0.3, -0.25) is 14.4 Å². The molecular formula is C24H24O5S. The molecule has 0 saturated heterocycles. The minimum atomic E-state index is -1.75. The van der Waals surface area contributed by atoms with Gasteiger partial charge in [0.25, 0.3) is 0 Å². The molecule has 0 fully saturated rings. The van der Waals surface area contributed by atoms with E-state index in [1.165, 1.54) is 11.3 Å². The second-order valence-corrected chi connectivity index (χ2v) is 7.73. The molecule has 0 spiro atoms. The number of hydrogen-bond donors (Lipinski definition) is 0. The molecule has 0 aliphatic rings. The van der Waals surface area contributed by atoms with Crippen LogP contribution in [0.3, 0.4) is 0 Å². The van der Waals surface area contributed by atoms with Gasteiger partial charge >= 0.3 is 11.9 Å². The van der Waals surface area contributed by atoms with Gasteiger partial charge in [-0.2, -0.15) is 11.3 Å². The second-order valence-electron chi connectivity index (χ2n) is 6.95. The Kier molecular flexibility index (Phi) is 7.00. The summed E-state index contributed by atoms with van der Waals surface area (Å²) >= 11 is 1.38. The first-order valence-corrected chi connectivity index (χ1v) is 10.8. The largest absolute Gasteiger partial charge is 0.465 e. The van der Waals surface area contributed by atoms with Crippen molar-refractivity contribution in [1.82, 2.24) is 0 Å². The number of thiophene rings is 1. The smallest absolute Gasteiger partial charge is 0.324 e. The van der Waals surface area contributed by atoms with Crippen molar-refractivity contribution in [2.45, 2.75) is 26.7 Å². The van der Waals surface area contributed by atoms with E-state index in [-0.39, 0.29) is 31.8 Å². The van der Waals surface area contributed by atoms with Crippen LogP contribution in [0.25, 0.3) is 10.8 Å². The van der Waals surface area contributed by atoms with Gasteiger partial charge in [0.05, 0.1) is 13.2 Å². The standard InChI is InChI=1S/C24H24O5S/c1-3-28-22(26)24(23(27)29-4-2,15-21(25)19-12-13-30-16-19)14-18-10-7-9-17-8-5-6-11-20(17)18/h5-13,16H,3-4,14-15H2,1-2H3. The molecule has 0 atom stereocenters. The van der Waals surface area contributed by atoms with Crippen molar-refractivity contribution in [1.29, 1.82) is 0 Å². The zero-order valence-electron chi connectivity index (χ0n) is 17.1. The van der Waals surface area contributed by atoms with E-state index in [0.29, 0.717) is 5.56 Å². The molecule has 6 heteroatoms. The van der Waals surface area contributed by atoms with Gasteiger partial charge in [0.2, 0.25) is 0 Å². The highest BCUT2D eigenvalue weighted by Gasteiger charge is 2.50. The highest BCUT2D eigenvalue weighted by Crippen LogP contribution is 2.35. The topological polar surface area (TPSA) is 69.7 Å². The zero-order chi connectivity index (χ0) is 21.6. The van der Waals surface area contributed by atoms with Crippen molar-refractivity contribution in [3.8, 4) is 0 Å². The summed E-state index contributed by atoms with van der Waals surface area (Å²) in [7, 11) is 0. The van der Waals surface area contributed by atoms with Gasteiger partial charge in [-0.15, -0.1) is 0 Å². The lowest BCUT2D eigenvalue weighted by Crippen LogP contribution is -2.45. The fourth-order valence-electron chi connectivity index (χ4n) is 3.54. The van der Waals surface area contributed by atoms with Gasteiger partial charge in [-0.1, -0.05) is 42.5 Å². The first-order chi connectivity index (χ1) is 14.5. The van der Waals surface area contributed by atoms with Crippen LogP contribution in [-0.4, -0.2) is 30.9 Å². The Morgan fingerprint density at radius 1 is 0.900 bits per heavy atom. The average Bonchev–Trinajstić information content (AvgIpc) is 3.29. The van der Waals surface area contributed by atoms with Crippen LogP contribution in [0.1, 0.15) is 36.2 Å². The molecule has 30 heavy (non-hydrogen) atoms. The number of fused-ring (bicyclic) bond motifs is 1. The maximum Gasteiger partial charge on any atom is 0.324 e. The molecular weight excluding hydrogens is 400 g/mol. The van der Waals surface area contributed by atoms with Crippen molar-refractivity contribution < 1.29 is 23.9 Å². The summed E-state index contributed by atoms with van der Waals surface area (Å²) in [4.78, 5) is 39.3. The monoisotopic (exact) mass is 424 g/mol. The van der Waals surface area contributed by atoms with Crippen molar-refractivity contribution in [2.24, 2.45) is 5.41 Å². The van der Waals surface area contributed by atoms with Gasteiger partial charge in [0.15, 0.2) is 11.2 Å². The van der Waals surface area contributed by atoms with Crippen LogP contribution >= 0.6 is 11.3 Å². The lowest BCUT2D eigenvalue weighted by atomic mass is 9.75. The number of Topliss-reactive ketones (excluding diaryl/α,β-unsaturated/α-hetero) is 1. The predicted octanol–water partition coefficient (Wildman–Crippen LogP) is 4.83. The third-order valence-electron chi connectivity index (χ3n) is 5.01. The number of rotatable bonds is 9. The Morgan fingerprint density at radius 2 is 1.57 bits per heavy atom. The summed E-state index contributed by atoms with van der Waals surface area (Å²) in [6.45, 7) is 3.54. The molecule has 156 valence electrons. The average molecular weight is 425 g/mol. The molecule has 3 rings (SSSR count). The van der Waals surface area contributed by atoms with E-state index in [1.54, 1.807) is 30.7 Å². The van der Waals surface area contributed by atoms with Gasteiger partial charge in [0.1, 0.15) is 0 Å². The van der Waals surface area contributed by atoms with Gasteiger partial charge in [0, 0.05) is 23.8 Å². The number of hydrogen-bond acceptors (Lipinski definition) is 6. The SMILES string of the molecule is CCOC(=O)C(CC(=O)c1ccsc1)(Cc1cccc2ccccc12)C(=O)OCC. The van der Waals surface area contributed by atoms with Crippen LogP contribution in [0, 0.1) is 5.41 Å². The quantitative estimate of drug-likeness (QED) is 0.280. The van der Waals surface area contributed by atoms with Crippen LogP contribution in [0.15, 0.2) is 59.3 Å². The van der Waals surface area contributed by atoms with E-state index < -0.39 is 17.4 Å². The number of ether oxygens (including phenoxy) is 2. The molecule has 1 heterocycles. The van der Waals surface area contributed by atoms with E-state index in [4.69, 9.17) is 9.47 Å². The number of benzene rings is 2. The second kappa shape index (κ2) is 9.67. The molecule has 0 N–H and O–H groups in total. The Labute approximate surface area is 179 Å². The highest BCUT2D eigenvalue weighted by atomic mass is 32.1. The minimum Gasteiger partial charge on any atom is -0.465 e.